The second-order valence-electron chi connectivity index (χ2n) is 4.48. The molecule has 1 heterocycles. The summed E-state index contributed by atoms with van der Waals surface area (Å²) >= 11 is 7.76. The van der Waals surface area contributed by atoms with Gasteiger partial charge in [-0.3, -0.25) is 4.79 Å². The Morgan fingerprint density at radius 3 is 3.00 bits per heavy atom. The predicted molar refractivity (Wildman–Crippen MR) is 76.3 cm³/mol. The first-order chi connectivity index (χ1) is 8.72. The zero-order valence-electron chi connectivity index (χ0n) is 10.4. The third kappa shape index (κ3) is 3.18. The normalized spacial score (nSPS) is 23.7. The molecule has 1 fully saturated rings. The zero-order chi connectivity index (χ0) is 13.0. The summed E-state index contributed by atoms with van der Waals surface area (Å²) in [6.45, 7) is 0. The maximum atomic E-state index is 12.2. The van der Waals surface area contributed by atoms with E-state index in [9.17, 15) is 4.79 Å². The molecule has 1 aromatic heterocycles. The molecule has 1 saturated carbocycles. The van der Waals surface area contributed by atoms with Gasteiger partial charge in [-0.05, 0) is 31.2 Å². The summed E-state index contributed by atoms with van der Waals surface area (Å²) in [5.41, 5.74) is 0.463. The average Bonchev–Trinajstić information content (AvgIpc) is 2.39. The lowest BCUT2D eigenvalue weighted by molar-refractivity contribution is 0.0929. The van der Waals surface area contributed by atoms with Gasteiger partial charge in [0.2, 0.25) is 0 Å². The highest BCUT2D eigenvalue weighted by molar-refractivity contribution is 7.99. The van der Waals surface area contributed by atoms with Gasteiger partial charge in [0.1, 0.15) is 5.15 Å². The molecule has 0 bridgehead atoms. The number of carbonyl (C=O) groups excluding carboxylic acids is 1. The molecule has 1 aliphatic rings. The molecule has 18 heavy (non-hydrogen) atoms. The maximum absolute atomic E-state index is 12.2. The van der Waals surface area contributed by atoms with Crippen LogP contribution in [0.25, 0.3) is 0 Å². The van der Waals surface area contributed by atoms with Crippen LogP contribution in [0.5, 0.6) is 0 Å². The van der Waals surface area contributed by atoms with Gasteiger partial charge in [0.25, 0.3) is 5.91 Å². The van der Waals surface area contributed by atoms with Crippen LogP contribution in [0.2, 0.25) is 5.15 Å². The van der Waals surface area contributed by atoms with Gasteiger partial charge in [0.15, 0.2) is 0 Å². The fourth-order valence-corrected chi connectivity index (χ4v) is 3.49. The van der Waals surface area contributed by atoms with Gasteiger partial charge >= 0.3 is 0 Å². The molecule has 1 N–H and O–H groups in total. The summed E-state index contributed by atoms with van der Waals surface area (Å²) in [6.07, 6.45) is 8.35. The molecule has 0 aliphatic heterocycles. The fourth-order valence-electron chi connectivity index (χ4n) is 2.35. The lowest BCUT2D eigenvalue weighted by Gasteiger charge is -2.30. The Balaban J connectivity index is 2.04. The first kappa shape index (κ1) is 13.7. The number of nitrogens with one attached hydrogen (secondary N) is 1. The zero-order valence-corrected chi connectivity index (χ0v) is 11.9. The van der Waals surface area contributed by atoms with E-state index >= 15 is 0 Å². The van der Waals surface area contributed by atoms with Gasteiger partial charge in [0.05, 0.1) is 5.56 Å². The second kappa shape index (κ2) is 6.43. The third-order valence-corrected chi connectivity index (χ3v) is 4.80. The molecular formula is C13H17ClN2OS. The fraction of sp³-hybridized carbons (Fsp3) is 0.538. The number of hydrogen-bond donors (Lipinski definition) is 1. The Hall–Kier alpha value is -0.740. The standard InChI is InChI=1S/C13H17ClN2OS/c1-18-11-7-3-2-6-10(11)16-13(17)9-5-4-8-15-12(9)14/h4-5,8,10-11H,2-3,6-7H2,1H3,(H,16,17). The van der Waals surface area contributed by atoms with Crippen molar-refractivity contribution in [1.82, 2.24) is 10.3 Å². The van der Waals surface area contributed by atoms with Gasteiger partial charge in [-0.1, -0.05) is 24.4 Å². The van der Waals surface area contributed by atoms with Crippen LogP contribution in [0.15, 0.2) is 18.3 Å². The Labute approximate surface area is 117 Å². The molecule has 1 aliphatic carbocycles. The molecule has 2 rings (SSSR count). The number of amides is 1. The van der Waals surface area contributed by atoms with E-state index < -0.39 is 0 Å². The van der Waals surface area contributed by atoms with E-state index in [0.717, 1.165) is 6.42 Å². The molecule has 0 saturated heterocycles. The van der Waals surface area contributed by atoms with E-state index in [-0.39, 0.29) is 17.1 Å². The van der Waals surface area contributed by atoms with Gasteiger partial charge in [-0.25, -0.2) is 4.98 Å². The predicted octanol–water partition coefficient (Wildman–Crippen LogP) is 3.14. The minimum atomic E-state index is -0.112. The largest absolute Gasteiger partial charge is 0.348 e. The molecule has 98 valence electrons. The number of thioether (sulfide) groups is 1. The Morgan fingerprint density at radius 2 is 2.28 bits per heavy atom. The van der Waals surface area contributed by atoms with Crippen LogP contribution in [0, 0.1) is 0 Å². The van der Waals surface area contributed by atoms with Crippen molar-refractivity contribution in [3.8, 4) is 0 Å². The summed E-state index contributed by atoms with van der Waals surface area (Å²) in [5, 5.41) is 3.87. The average molecular weight is 285 g/mol. The minimum Gasteiger partial charge on any atom is -0.348 e. The molecule has 2 unspecified atom stereocenters. The Bertz CT molecular complexity index is 427. The van der Waals surface area contributed by atoms with Crippen molar-refractivity contribution in [2.75, 3.05) is 6.26 Å². The minimum absolute atomic E-state index is 0.112. The number of aromatic nitrogens is 1. The maximum Gasteiger partial charge on any atom is 0.254 e. The van der Waals surface area contributed by atoms with Crippen molar-refractivity contribution in [3.05, 3.63) is 29.0 Å². The van der Waals surface area contributed by atoms with E-state index in [1.165, 1.54) is 19.3 Å². The number of hydrogen-bond acceptors (Lipinski definition) is 3. The summed E-state index contributed by atoms with van der Waals surface area (Å²) in [7, 11) is 0. The number of nitrogens with zero attached hydrogens (tertiary/aromatic N) is 1. The van der Waals surface area contributed by atoms with Gasteiger partial charge in [-0.15, -0.1) is 0 Å². The van der Waals surface area contributed by atoms with E-state index in [1.54, 1.807) is 18.3 Å². The SMILES string of the molecule is CSC1CCCCC1NC(=O)c1cccnc1Cl. The van der Waals surface area contributed by atoms with Crippen LogP contribution in [-0.4, -0.2) is 28.4 Å². The molecule has 0 aromatic carbocycles. The molecule has 2 atom stereocenters. The van der Waals surface area contributed by atoms with Crippen LogP contribution in [0.4, 0.5) is 0 Å². The van der Waals surface area contributed by atoms with Crippen LogP contribution >= 0.6 is 23.4 Å². The second-order valence-corrected chi connectivity index (χ2v) is 5.92. The summed E-state index contributed by atoms with van der Waals surface area (Å²) < 4.78 is 0. The van der Waals surface area contributed by atoms with Gasteiger partial charge in [-0.2, -0.15) is 11.8 Å². The van der Waals surface area contributed by atoms with Crippen molar-refractivity contribution >= 4 is 29.3 Å². The van der Waals surface area contributed by atoms with Gasteiger partial charge in [0, 0.05) is 17.5 Å². The molecule has 0 radical (unpaired) electrons. The first-order valence-electron chi connectivity index (χ1n) is 6.16. The quantitative estimate of drug-likeness (QED) is 0.867. The van der Waals surface area contributed by atoms with Gasteiger partial charge < -0.3 is 5.32 Å². The van der Waals surface area contributed by atoms with Crippen molar-refractivity contribution in [1.29, 1.82) is 0 Å². The number of rotatable bonds is 3. The molecule has 3 nitrogen and oxygen atoms in total. The monoisotopic (exact) mass is 284 g/mol. The van der Waals surface area contributed by atoms with Crippen molar-refractivity contribution in [2.24, 2.45) is 0 Å². The number of pyridine rings is 1. The van der Waals surface area contributed by atoms with Crippen molar-refractivity contribution in [3.63, 3.8) is 0 Å². The van der Waals surface area contributed by atoms with E-state index in [4.69, 9.17) is 11.6 Å². The van der Waals surface area contributed by atoms with E-state index in [1.807, 2.05) is 11.8 Å². The highest BCUT2D eigenvalue weighted by Crippen LogP contribution is 2.27. The van der Waals surface area contributed by atoms with Crippen LogP contribution < -0.4 is 5.32 Å². The molecule has 0 spiro atoms. The number of halogens is 1. The summed E-state index contributed by atoms with van der Waals surface area (Å²) in [5.74, 6) is -0.112. The van der Waals surface area contributed by atoms with Crippen LogP contribution in [-0.2, 0) is 0 Å². The van der Waals surface area contributed by atoms with Crippen molar-refractivity contribution in [2.45, 2.75) is 37.0 Å². The highest BCUT2D eigenvalue weighted by Gasteiger charge is 2.26. The summed E-state index contributed by atoms with van der Waals surface area (Å²) in [6, 6.07) is 3.69. The number of carbonyl (C=O) groups is 1. The molecule has 1 amide bonds. The van der Waals surface area contributed by atoms with Crippen LogP contribution in [0.3, 0.4) is 0 Å². The van der Waals surface area contributed by atoms with Crippen molar-refractivity contribution < 1.29 is 4.79 Å². The molecule has 5 heteroatoms. The lowest BCUT2D eigenvalue weighted by atomic mass is 9.94. The Kier molecular flexibility index (Phi) is 4.89. The lowest BCUT2D eigenvalue weighted by Crippen LogP contribution is -2.43. The van der Waals surface area contributed by atoms with E-state index in [0.29, 0.717) is 10.8 Å². The topological polar surface area (TPSA) is 42.0 Å². The molecular weight excluding hydrogens is 268 g/mol. The smallest absolute Gasteiger partial charge is 0.254 e. The molecule has 1 aromatic rings. The van der Waals surface area contributed by atoms with E-state index in [2.05, 4.69) is 16.6 Å². The third-order valence-electron chi connectivity index (χ3n) is 3.33. The summed E-state index contributed by atoms with van der Waals surface area (Å²) in [4.78, 5) is 16.1. The highest BCUT2D eigenvalue weighted by atomic mass is 35.5. The van der Waals surface area contributed by atoms with Crippen LogP contribution in [0.1, 0.15) is 36.0 Å². The Morgan fingerprint density at radius 1 is 1.50 bits per heavy atom. The first-order valence-corrected chi connectivity index (χ1v) is 7.83.